The van der Waals surface area contributed by atoms with Gasteiger partial charge in [0.1, 0.15) is 23.2 Å². The quantitative estimate of drug-likeness (QED) is 0.0237. The molecule has 0 saturated heterocycles. The first-order valence-corrected chi connectivity index (χ1v) is 43.1. The Labute approximate surface area is 715 Å². The van der Waals surface area contributed by atoms with E-state index in [4.69, 9.17) is 52.4 Å². The molecule has 1 aliphatic heterocycles. The van der Waals surface area contributed by atoms with Crippen LogP contribution in [0, 0.1) is 0 Å². The molecule has 4 heterocycles. The van der Waals surface area contributed by atoms with E-state index in [1.165, 1.54) is 0 Å². The van der Waals surface area contributed by atoms with Crippen LogP contribution < -0.4 is 10.1 Å². The summed E-state index contributed by atoms with van der Waals surface area (Å²) >= 11 is 12.8. The largest absolute Gasteiger partial charge is 0.494 e. The number of ketones is 2. The van der Waals surface area contributed by atoms with Crippen molar-refractivity contribution in [2.24, 2.45) is 4.99 Å². The maximum absolute atomic E-state index is 15.7. The zero-order valence-corrected chi connectivity index (χ0v) is 69.8. The highest BCUT2D eigenvalue weighted by Crippen LogP contribution is 2.44. The zero-order valence-electron chi connectivity index (χ0n) is 68.3. The van der Waals surface area contributed by atoms with Gasteiger partial charge in [0.05, 0.1) is 60.8 Å². The van der Waals surface area contributed by atoms with Gasteiger partial charge in [0.2, 0.25) is 17.7 Å². The van der Waals surface area contributed by atoms with Crippen LogP contribution in [0.4, 0.5) is 5.82 Å². The van der Waals surface area contributed by atoms with Crippen molar-refractivity contribution in [1.29, 1.82) is 0 Å². The van der Waals surface area contributed by atoms with Gasteiger partial charge >= 0.3 is 5.97 Å². The van der Waals surface area contributed by atoms with Gasteiger partial charge in [-0.25, -0.2) is 14.8 Å². The summed E-state index contributed by atoms with van der Waals surface area (Å²) < 4.78 is 18.9. The van der Waals surface area contributed by atoms with Crippen molar-refractivity contribution in [3.05, 3.63) is 254 Å². The molecule has 119 heavy (non-hydrogen) atoms. The molecule has 3 N–H and O–H groups in total. The number of carbonyl (C=O) groups is 6. The number of H-pyrrole nitrogens is 1. The van der Waals surface area contributed by atoms with Gasteiger partial charge in [-0.15, -0.1) is 0 Å². The first-order valence-electron chi connectivity index (χ1n) is 42.3. The number of Topliss-reactive ketones (excluding diaryl/α,β-unsaturated/α-hetero) is 2. The number of aromatic nitrogens is 4. The van der Waals surface area contributed by atoms with Crippen molar-refractivity contribution in [2.45, 2.75) is 239 Å². The molecule has 2 saturated carbocycles. The maximum atomic E-state index is 15.7. The Morgan fingerprint density at radius 1 is 0.513 bits per heavy atom. The number of halogens is 2. The van der Waals surface area contributed by atoms with Crippen LogP contribution in [0.1, 0.15) is 253 Å². The third kappa shape index (κ3) is 28.8. The van der Waals surface area contributed by atoms with Crippen LogP contribution in [0.5, 0.6) is 5.75 Å². The highest BCUT2D eigenvalue weighted by atomic mass is 35.5. The number of aromatic amines is 1. The lowest BCUT2D eigenvalue weighted by Gasteiger charge is -2.40. The lowest BCUT2D eigenvalue weighted by molar-refractivity contribution is -0.141. The molecule has 22 heteroatoms. The fourth-order valence-electron chi connectivity index (χ4n) is 16.4. The average molecular weight is 1660 g/mol. The smallest absolute Gasteiger partial charge is 0.335 e. The summed E-state index contributed by atoms with van der Waals surface area (Å²) in [6, 6.07) is 47.9. The zero-order chi connectivity index (χ0) is 82.0. The van der Waals surface area contributed by atoms with Crippen LogP contribution in [-0.4, -0.2) is 138 Å². The lowest BCUT2D eigenvalue weighted by Crippen LogP contribution is -2.48. The van der Waals surface area contributed by atoms with Crippen molar-refractivity contribution in [1.82, 2.24) is 39.5 Å². The van der Waals surface area contributed by atoms with Crippen LogP contribution >= 0.6 is 23.2 Å². The summed E-state index contributed by atoms with van der Waals surface area (Å²) in [6.45, 7) is 10.4. The Balaban J connectivity index is 0.00000806. The van der Waals surface area contributed by atoms with E-state index in [9.17, 15) is 29.1 Å². The molecule has 636 valence electrons. The summed E-state index contributed by atoms with van der Waals surface area (Å²) in [6.07, 6.45) is 26.2. The van der Waals surface area contributed by atoms with Gasteiger partial charge in [-0.1, -0.05) is 201 Å². The number of unbranched alkanes of at least 4 members (excludes halogenated alkanes) is 5. The van der Waals surface area contributed by atoms with Crippen molar-refractivity contribution >= 4 is 70.0 Å². The molecule has 2 fully saturated rings. The number of hydrogen-bond acceptors (Lipinski definition) is 15. The summed E-state index contributed by atoms with van der Waals surface area (Å²) in [5, 5.41) is 13.8. The second-order valence-corrected chi connectivity index (χ2v) is 32.5. The molecule has 2 aliphatic carbocycles. The van der Waals surface area contributed by atoms with Crippen molar-refractivity contribution < 1.29 is 48.1 Å². The van der Waals surface area contributed by atoms with Crippen LogP contribution in [0.15, 0.2) is 181 Å². The lowest BCUT2D eigenvalue weighted by atomic mass is 9.68. The standard InChI is InChI=1S/C95H116Cl2N10O10.2CH4/c1-3-5-9-25-85(108)62-81-21-17-22-83(101-81)68-105(70-89-99-50-51-100-89)64-74-59-73(63-104(67-82-24-19-49-98-82)69-84-23-18-27-88(102-84)103-90(110)28-10-6-4-2)60-86(61-74)117-55-16-15-52-106(92(113)94(45-11-7-12-46-94)77-37-41-79(96)42-38-77)65-71-29-33-75(34-30-71)87(109)26-20-54-115-57-58-116-56-53-107(66-72-31-35-76(36-32-72)91(111)112)93(114)95(47-13-8-14-48-95)78-39-43-80(97)44-40-78;;/h17-19,21-23,27,29-44,49-51,59-61H,3-16,20,24-26,28,45-48,52-58,62-70H2,1-2H3,(H,99,100)(H,111,112)(H,102,103,110);2*1H4. The number of benzene rings is 5. The number of pyridine rings is 2. The molecule has 0 atom stereocenters. The molecule has 11 rings (SSSR count). The van der Waals surface area contributed by atoms with E-state index < -0.39 is 16.8 Å². The highest BCUT2D eigenvalue weighted by molar-refractivity contribution is 6.30. The molecule has 0 spiro atoms. The second-order valence-electron chi connectivity index (χ2n) is 31.7. The molecular weight excluding hydrogens is 1540 g/mol. The Kier molecular flexibility index (Phi) is 38.2. The number of carboxylic acids is 1. The minimum Gasteiger partial charge on any atom is -0.494 e. The second kappa shape index (κ2) is 48.6. The van der Waals surface area contributed by atoms with Crippen LogP contribution in [0.3, 0.4) is 0 Å². The molecule has 0 bridgehead atoms. The SMILES string of the molecule is C.C.CCCCCC(=O)Cc1cccc(CN(Cc2cc(CN(CC3=NC=CC3)Cc3cccc(NC(=O)CCCCC)n3)cc(OCCCCN(Cc3ccc(C(=O)CCCOCCOCCN(Cc4ccc(C(=O)O)cc4)C(=O)C4(c5ccc(Cl)cc5)CCCCC4)cc3)C(=O)C3(c4ccc(Cl)cc4)CCCCC3)c2)Cc2ncc[nH]2)n1. The molecule has 5 aromatic carbocycles. The molecule has 8 aromatic rings. The van der Waals surface area contributed by atoms with Gasteiger partial charge < -0.3 is 39.4 Å². The number of nitrogens with zero attached hydrogens (tertiary/aromatic N) is 8. The maximum Gasteiger partial charge on any atom is 0.335 e. The van der Waals surface area contributed by atoms with Crippen LogP contribution in [0.25, 0.3) is 0 Å². The molecule has 3 amide bonds. The van der Waals surface area contributed by atoms with E-state index in [2.05, 4.69) is 63.2 Å². The van der Waals surface area contributed by atoms with Gasteiger partial charge in [0.25, 0.3) is 0 Å². The summed E-state index contributed by atoms with van der Waals surface area (Å²) in [7, 11) is 0. The summed E-state index contributed by atoms with van der Waals surface area (Å²) in [5.41, 5.74) is 8.50. The third-order valence-electron chi connectivity index (χ3n) is 22.5. The van der Waals surface area contributed by atoms with Crippen molar-refractivity contribution in [3.63, 3.8) is 0 Å². The third-order valence-corrected chi connectivity index (χ3v) is 23.0. The number of imidazole rings is 1. The monoisotopic (exact) mass is 1660 g/mol. The van der Waals surface area contributed by atoms with E-state index in [0.717, 1.165) is 171 Å². The fourth-order valence-corrected chi connectivity index (χ4v) is 16.6. The molecule has 0 radical (unpaired) electrons. The predicted molar refractivity (Wildman–Crippen MR) is 474 cm³/mol. The normalized spacial score (nSPS) is 14.1. The number of ether oxygens (including phenoxy) is 3. The number of carbonyl (C=O) groups excluding carboxylic acids is 5. The first kappa shape index (κ1) is 93.3. The Morgan fingerprint density at radius 2 is 1.07 bits per heavy atom. The number of allylic oxidation sites excluding steroid dienone is 1. The van der Waals surface area contributed by atoms with E-state index >= 15 is 4.79 Å². The summed E-state index contributed by atoms with van der Waals surface area (Å²) in [4.78, 5) is 113. The van der Waals surface area contributed by atoms with Crippen molar-refractivity contribution in [3.8, 4) is 5.75 Å². The number of hydrogen-bond donors (Lipinski definition) is 3. The minimum atomic E-state index is -1.01. The fraction of sp³-hybridized carbons (Fsp3) is 0.464. The van der Waals surface area contributed by atoms with Crippen LogP contribution in [-0.2, 0) is 91.7 Å². The molecule has 0 unspecified atom stereocenters. The Bertz CT molecular complexity index is 4550. The molecule has 3 aliphatic rings. The topological polar surface area (TPSA) is 242 Å². The number of carboxylic acid groups (broad SMARTS) is 1. The van der Waals surface area contributed by atoms with Crippen molar-refractivity contribution in [2.75, 3.05) is 58.0 Å². The van der Waals surface area contributed by atoms with E-state index in [1.54, 1.807) is 30.5 Å². The van der Waals surface area contributed by atoms with E-state index in [0.29, 0.717) is 158 Å². The number of aromatic carboxylic acids is 1. The minimum absolute atomic E-state index is 0. The van der Waals surface area contributed by atoms with Gasteiger partial charge in [0.15, 0.2) is 5.78 Å². The molecular formula is C97H124Cl2N10O10. The number of rotatable bonds is 49. The highest BCUT2D eigenvalue weighted by Gasteiger charge is 2.45. The van der Waals surface area contributed by atoms with Gasteiger partial charge in [-0.05, 0) is 164 Å². The van der Waals surface area contributed by atoms with Gasteiger partial charge in [-0.2, -0.15) is 0 Å². The molecule has 3 aromatic heterocycles. The molecule has 20 nitrogen and oxygen atoms in total. The van der Waals surface area contributed by atoms with Gasteiger partial charge in [-0.3, -0.25) is 43.7 Å². The van der Waals surface area contributed by atoms with Gasteiger partial charge in [0, 0.05) is 143 Å². The first-order chi connectivity index (χ1) is 57.0. The van der Waals surface area contributed by atoms with Crippen LogP contribution in [0.2, 0.25) is 10.0 Å². The number of aliphatic imine (C=N–C) groups is 1. The van der Waals surface area contributed by atoms with E-state index in [-0.39, 0.29) is 62.7 Å². The Morgan fingerprint density at radius 3 is 1.64 bits per heavy atom. The predicted octanol–water partition coefficient (Wildman–Crippen LogP) is 20.3. The Hall–Kier alpha value is -9.54. The number of nitrogens with one attached hydrogen (secondary N) is 2. The number of amides is 3. The number of anilines is 1. The summed E-state index contributed by atoms with van der Waals surface area (Å²) in [5.74, 6) is 1.28. The average Bonchev–Trinajstić information content (AvgIpc) is 0.879. The van der Waals surface area contributed by atoms with E-state index in [1.807, 2.05) is 131 Å².